The highest BCUT2D eigenvalue weighted by molar-refractivity contribution is 7.99. The first kappa shape index (κ1) is 22.0. The number of aryl methyl sites for hydroxylation is 2. The van der Waals surface area contributed by atoms with Gasteiger partial charge in [-0.3, -0.25) is 14.8 Å². The maximum absolute atomic E-state index is 13.0. The van der Waals surface area contributed by atoms with Crippen molar-refractivity contribution >= 4 is 23.2 Å². The minimum atomic E-state index is -0.695. The Balaban J connectivity index is 1.73. The van der Waals surface area contributed by atoms with Crippen LogP contribution in [0.4, 0.5) is 5.69 Å². The zero-order valence-electron chi connectivity index (χ0n) is 18.8. The Bertz CT molecular complexity index is 1520. The molecule has 2 N–H and O–H groups in total. The molecule has 5 rings (SSSR count). The predicted octanol–water partition coefficient (Wildman–Crippen LogP) is 5.21. The van der Waals surface area contributed by atoms with E-state index in [2.05, 4.69) is 4.98 Å². The van der Waals surface area contributed by atoms with Crippen molar-refractivity contribution < 1.29 is 5.11 Å². The number of benzene rings is 3. The van der Waals surface area contributed by atoms with Gasteiger partial charge in [0.2, 0.25) is 5.88 Å². The first-order valence-corrected chi connectivity index (χ1v) is 11.8. The molecule has 7 heteroatoms. The van der Waals surface area contributed by atoms with Crippen molar-refractivity contribution in [3.63, 3.8) is 0 Å². The van der Waals surface area contributed by atoms with E-state index in [9.17, 15) is 14.7 Å². The van der Waals surface area contributed by atoms with Gasteiger partial charge in [-0.15, -0.1) is 11.8 Å². The lowest BCUT2D eigenvalue weighted by atomic mass is 10.0. The van der Waals surface area contributed by atoms with Gasteiger partial charge in [0.1, 0.15) is 5.56 Å². The molecule has 4 aromatic rings. The van der Waals surface area contributed by atoms with Gasteiger partial charge in [-0.05, 0) is 54.8 Å². The summed E-state index contributed by atoms with van der Waals surface area (Å²) in [6.07, 6.45) is 0.408. The van der Waals surface area contributed by atoms with Crippen LogP contribution in [-0.4, -0.2) is 20.4 Å². The van der Waals surface area contributed by atoms with Crippen LogP contribution >= 0.6 is 11.8 Å². The van der Waals surface area contributed by atoms with Gasteiger partial charge < -0.3 is 5.11 Å². The highest BCUT2D eigenvalue weighted by atomic mass is 32.2. The number of hydrogen-bond acceptors (Lipinski definition) is 5. The van der Waals surface area contributed by atoms with E-state index in [-0.39, 0.29) is 10.8 Å². The average Bonchev–Trinajstić information content (AvgIpc) is 2.98. The Morgan fingerprint density at radius 2 is 1.65 bits per heavy atom. The second-order valence-electron chi connectivity index (χ2n) is 8.39. The summed E-state index contributed by atoms with van der Waals surface area (Å²) in [5, 5.41) is 11.3. The van der Waals surface area contributed by atoms with Gasteiger partial charge in [-0.25, -0.2) is 9.36 Å². The molecule has 1 aliphatic heterocycles. The molecule has 34 heavy (non-hydrogen) atoms. The number of aromatic amines is 1. The van der Waals surface area contributed by atoms with Crippen molar-refractivity contribution in [2.45, 2.75) is 30.4 Å². The standard InChI is InChI=1S/C27H23N3O3S/c1-16-12-17(2)14-19(13-16)30-26(32)24(25(31)29-27(30)33)21-15-23(18-8-4-3-5-9-18)34-22-11-7-6-10-20(22)28-21/h3-14,23,32H,15H2,1-2H3,(H,29,31,33). The molecule has 0 fully saturated rings. The molecule has 0 spiro atoms. The summed E-state index contributed by atoms with van der Waals surface area (Å²) in [6, 6.07) is 23.3. The molecule has 1 aliphatic rings. The molecule has 0 radical (unpaired) electrons. The van der Waals surface area contributed by atoms with E-state index in [4.69, 9.17) is 4.99 Å². The number of nitrogens with one attached hydrogen (secondary N) is 1. The Labute approximate surface area is 200 Å². The number of hydrogen-bond donors (Lipinski definition) is 2. The van der Waals surface area contributed by atoms with E-state index < -0.39 is 17.1 Å². The minimum absolute atomic E-state index is 0.0111. The number of aromatic hydroxyl groups is 1. The second kappa shape index (κ2) is 8.83. The molecule has 0 aliphatic carbocycles. The molecule has 6 nitrogen and oxygen atoms in total. The lowest BCUT2D eigenvalue weighted by molar-refractivity contribution is 0.429. The van der Waals surface area contributed by atoms with E-state index in [1.807, 2.05) is 74.5 Å². The van der Waals surface area contributed by atoms with Crippen LogP contribution < -0.4 is 11.2 Å². The van der Waals surface area contributed by atoms with Crippen LogP contribution in [0, 0.1) is 13.8 Å². The number of rotatable bonds is 3. The van der Waals surface area contributed by atoms with Crippen LogP contribution in [0.15, 0.2) is 92.3 Å². The molecule has 0 amide bonds. The van der Waals surface area contributed by atoms with Crippen molar-refractivity contribution in [1.29, 1.82) is 0 Å². The summed E-state index contributed by atoms with van der Waals surface area (Å²) < 4.78 is 1.14. The highest BCUT2D eigenvalue weighted by Gasteiger charge is 2.27. The van der Waals surface area contributed by atoms with Crippen molar-refractivity contribution in [2.24, 2.45) is 4.99 Å². The van der Waals surface area contributed by atoms with Crippen LogP contribution in [-0.2, 0) is 0 Å². The van der Waals surface area contributed by atoms with Gasteiger partial charge in [0.15, 0.2) is 0 Å². The van der Waals surface area contributed by atoms with Crippen LogP contribution in [0.3, 0.4) is 0 Å². The largest absolute Gasteiger partial charge is 0.493 e. The molecular formula is C27H23N3O3S. The van der Waals surface area contributed by atoms with E-state index in [0.717, 1.165) is 31.8 Å². The van der Waals surface area contributed by atoms with Gasteiger partial charge in [0.05, 0.1) is 17.1 Å². The van der Waals surface area contributed by atoms with Crippen molar-refractivity contribution in [3.05, 3.63) is 116 Å². The summed E-state index contributed by atoms with van der Waals surface area (Å²) in [5.41, 5.74) is 3.28. The third kappa shape index (κ3) is 4.10. The highest BCUT2D eigenvalue weighted by Crippen LogP contribution is 2.45. The van der Waals surface area contributed by atoms with E-state index in [0.29, 0.717) is 17.8 Å². The SMILES string of the molecule is Cc1cc(C)cc(-n2c(O)c(C3=Nc4ccccc4SC(c4ccccc4)C3)c(=O)[nH]c2=O)c1. The summed E-state index contributed by atoms with van der Waals surface area (Å²) in [7, 11) is 0. The zero-order valence-corrected chi connectivity index (χ0v) is 19.6. The number of para-hydroxylation sites is 1. The Morgan fingerprint density at radius 1 is 0.971 bits per heavy atom. The number of thioether (sulfide) groups is 1. The molecule has 1 atom stereocenters. The third-order valence-corrected chi connectivity index (χ3v) is 7.10. The quantitative estimate of drug-likeness (QED) is 0.431. The van der Waals surface area contributed by atoms with E-state index >= 15 is 0 Å². The van der Waals surface area contributed by atoms with Gasteiger partial charge in [0.25, 0.3) is 5.56 Å². The molecule has 1 aromatic heterocycles. The summed E-state index contributed by atoms with van der Waals surface area (Å²) in [4.78, 5) is 34.0. The maximum atomic E-state index is 13.0. The Hall–Kier alpha value is -3.84. The first-order chi connectivity index (χ1) is 16.4. The normalized spacial score (nSPS) is 15.4. The molecule has 1 unspecified atom stereocenters. The fourth-order valence-corrected chi connectivity index (χ4v) is 5.56. The van der Waals surface area contributed by atoms with Gasteiger partial charge in [0, 0.05) is 16.6 Å². The Morgan fingerprint density at radius 3 is 2.38 bits per heavy atom. The first-order valence-electron chi connectivity index (χ1n) is 11.0. The topological polar surface area (TPSA) is 87.4 Å². The smallest absolute Gasteiger partial charge is 0.335 e. The second-order valence-corrected chi connectivity index (χ2v) is 9.63. The summed E-state index contributed by atoms with van der Waals surface area (Å²) in [5.74, 6) is -0.409. The molecular weight excluding hydrogens is 446 g/mol. The van der Waals surface area contributed by atoms with Crippen LogP contribution in [0.5, 0.6) is 5.88 Å². The fourth-order valence-electron chi connectivity index (χ4n) is 4.33. The number of fused-ring (bicyclic) bond motifs is 1. The van der Waals surface area contributed by atoms with E-state index in [1.54, 1.807) is 23.9 Å². The van der Waals surface area contributed by atoms with Crippen molar-refractivity contribution in [2.75, 3.05) is 0 Å². The summed E-state index contributed by atoms with van der Waals surface area (Å²) >= 11 is 1.67. The molecule has 0 saturated carbocycles. The predicted molar refractivity (Wildman–Crippen MR) is 136 cm³/mol. The lowest BCUT2D eigenvalue weighted by Crippen LogP contribution is -2.33. The fraction of sp³-hybridized carbons (Fsp3) is 0.148. The maximum Gasteiger partial charge on any atom is 0.335 e. The lowest BCUT2D eigenvalue weighted by Gasteiger charge is -2.17. The van der Waals surface area contributed by atoms with Crippen molar-refractivity contribution in [1.82, 2.24) is 9.55 Å². The number of nitrogens with zero attached hydrogens (tertiary/aromatic N) is 2. The van der Waals surface area contributed by atoms with Gasteiger partial charge >= 0.3 is 5.69 Å². The van der Waals surface area contributed by atoms with Crippen LogP contribution in [0.2, 0.25) is 0 Å². The van der Waals surface area contributed by atoms with Gasteiger partial charge in [-0.1, -0.05) is 48.5 Å². The average molecular weight is 470 g/mol. The summed E-state index contributed by atoms with van der Waals surface area (Å²) in [6.45, 7) is 3.83. The molecule has 0 saturated heterocycles. The Kier molecular flexibility index (Phi) is 5.71. The van der Waals surface area contributed by atoms with Gasteiger partial charge in [-0.2, -0.15) is 0 Å². The monoisotopic (exact) mass is 469 g/mol. The third-order valence-electron chi connectivity index (χ3n) is 5.78. The number of aromatic nitrogens is 2. The number of aliphatic imine (C=N–C) groups is 1. The molecule has 0 bridgehead atoms. The van der Waals surface area contributed by atoms with Crippen LogP contribution in [0.25, 0.3) is 5.69 Å². The molecule has 170 valence electrons. The number of H-pyrrole nitrogens is 1. The van der Waals surface area contributed by atoms with Crippen molar-refractivity contribution in [3.8, 4) is 11.6 Å². The van der Waals surface area contributed by atoms with E-state index in [1.165, 1.54) is 0 Å². The minimum Gasteiger partial charge on any atom is -0.493 e. The zero-order chi connectivity index (χ0) is 23.8. The van der Waals surface area contributed by atoms with Crippen LogP contribution in [0.1, 0.15) is 33.9 Å². The molecule has 3 aromatic carbocycles. The molecule has 2 heterocycles.